The van der Waals surface area contributed by atoms with Crippen molar-refractivity contribution in [2.24, 2.45) is 0 Å². The normalized spacial score (nSPS) is 13.9. The Morgan fingerprint density at radius 3 is 1.14 bits per heavy atom. The molecule has 5 heterocycles. The Morgan fingerprint density at radius 2 is 0.882 bits per heavy atom. The van der Waals surface area contributed by atoms with E-state index >= 15 is 0 Å². The number of rotatable bonds is 10. The molecule has 2 fully saturated rings. The van der Waals surface area contributed by atoms with Crippen molar-refractivity contribution in [3.05, 3.63) is 107 Å². The maximum Gasteiger partial charge on any atom is 0.248 e. The van der Waals surface area contributed by atoms with Gasteiger partial charge in [0, 0.05) is 63.1 Å². The molecular formula is C33H42N12O6. The van der Waals surface area contributed by atoms with Crippen LogP contribution in [-0.4, -0.2) is 134 Å². The minimum Gasteiger partial charge on any atom is -0.351 e. The molecule has 2 saturated heterocycles. The summed E-state index contributed by atoms with van der Waals surface area (Å²) in [6, 6.07) is 0. The molecule has 3 aromatic heterocycles. The second kappa shape index (κ2) is 20.0. The molecule has 0 aliphatic carbocycles. The zero-order chi connectivity index (χ0) is 37.2. The lowest BCUT2D eigenvalue weighted by atomic mass is 10.3. The molecule has 18 heteroatoms. The average Bonchev–Trinajstić information content (AvgIpc) is 4.01. The Bertz CT molecular complexity index is 1490. The number of carbonyl (C=O) groups is 6. The molecule has 0 bridgehead atoms. The van der Waals surface area contributed by atoms with Gasteiger partial charge in [0.1, 0.15) is 0 Å². The highest BCUT2D eigenvalue weighted by molar-refractivity contribution is 5.92. The van der Waals surface area contributed by atoms with Crippen LogP contribution in [0.2, 0.25) is 0 Å². The van der Waals surface area contributed by atoms with Gasteiger partial charge in [0.05, 0.1) is 59.0 Å². The number of imidazole rings is 3. The highest BCUT2D eigenvalue weighted by Crippen LogP contribution is 2.13. The van der Waals surface area contributed by atoms with Gasteiger partial charge in [-0.2, -0.15) is 0 Å². The van der Waals surface area contributed by atoms with E-state index in [9.17, 15) is 28.8 Å². The van der Waals surface area contributed by atoms with Gasteiger partial charge in [-0.1, -0.05) is 26.3 Å². The Labute approximate surface area is 295 Å². The molecule has 3 aromatic rings. The lowest BCUT2D eigenvalue weighted by molar-refractivity contribution is -0.157. The van der Waals surface area contributed by atoms with Crippen LogP contribution >= 0.6 is 0 Å². The summed E-state index contributed by atoms with van der Waals surface area (Å²) >= 11 is 0. The molecule has 2 aliphatic rings. The van der Waals surface area contributed by atoms with Crippen molar-refractivity contribution >= 4 is 35.4 Å². The fourth-order valence-electron chi connectivity index (χ4n) is 4.71. The van der Waals surface area contributed by atoms with E-state index in [0.717, 1.165) is 18.2 Å². The van der Waals surface area contributed by atoms with E-state index < -0.39 is 0 Å². The number of amides is 6. The van der Waals surface area contributed by atoms with Crippen molar-refractivity contribution in [3.8, 4) is 0 Å². The third-order valence-electron chi connectivity index (χ3n) is 7.39. The van der Waals surface area contributed by atoms with E-state index in [1.54, 1.807) is 56.2 Å². The zero-order valence-corrected chi connectivity index (χ0v) is 28.3. The number of nitrogens with one attached hydrogen (secondary N) is 1. The Kier molecular flexibility index (Phi) is 15.3. The fourth-order valence-corrected chi connectivity index (χ4v) is 4.71. The molecule has 18 nitrogen and oxygen atoms in total. The first-order valence-electron chi connectivity index (χ1n) is 15.6. The minimum atomic E-state index is -0.349. The molecule has 51 heavy (non-hydrogen) atoms. The van der Waals surface area contributed by atoms with E-state index in [1.807, 2.05) is 9.13 Å². The van der Waals surface area contributed by atoms with Crippen molar-refractivity contribution in [2.75, 3.05) is 40.0 Å². The first-order chi connectivity index (χ1) is 24.6. The molecule has 0 spiro atoms. The molecular weight excluding hydrogens is 660 g/mol. The van der Waals surface area contributed by atoms with Crippen LogP contribution in [0.25, 0.3) is 0 Å². The lowest BCUT2D eigenvalue weighted by Gasteiger charge is -2.42. The van der Waals surface area contributed by atoms with Gasteiger partial charge in [-0.3, -0.25) is 28.8 Å². The second-order valence-corrected chi connectivity index (χ2v) is 10.9. The van der Waals surface area contributed by atoms with Crippen LogP contribution in [0.5, 0.6) is 0 Å². The smallest absolute Gasteiger partial charge is 0.248 e. The van der Waals surface area contributed by atoms with Crippen LogP contribution < -0.4 is 0 Å². The van der Waals surface area contributed by atoms with Crippen LogP contribution in [0.1, 0.15) is 12.8 Å². The van der Waals surface area contributed by atoms with Crippen LogP contribution in [-0.2, 0) is 41.9 Å². The lowest BCUT2D eigenvalue weighted by Crippen LogP contribution is -2.59. The molecule has 0 aromatic carbocycles. The Hall–Kier alpha value is -6.59. The maximum atomic E-state index is 12.6. The number of nitrogens with zero attached hydrogens (tertiary/aromatic N) is 11. The fraction of sp³-hybridized carbons (Fsp3) is 0.303. The number of H-pyrrole nitrogens is 1. The maximum absolute atomic E-state index is 12.6. The summed E-state index contributed by atoms with van der Waals surface area (Å²) in [6.07, 6.45) is 20.3. The molecule has 1 N–H and O–H groups in total. The van der Waals surface area contributed by atoms with E-state index in [1.165, 1.54) is 35.5 Å². The SMILES string of the molecule is C=CC(=O)N1CN(C(=O)C=C)CN(C(=O)C=C)C1.C=CC(=O)N1CN(C(=O)CCn2ccnc2)CN(C(=O)CCn2ccnc2)C1.c1c[nH]cn1. The van der Waals surface area contributed by atoms with E-state index in [0.29, 0.717) is 13.1 Å². The van der Waals surface area contributed by atoms with Gasteiger partial charge in [0.15, 0.2) is 0 Å². The monoisotopic (exact) mass is 702 g/mol. The molecule has 0 unspecified atom stereocenters. The highest BCUT2D eigenvalue weighted by Gasteiger charge is 2.31. The molecule has 0 atom stereocenters. The average molecular weight is 703 g/mol. The van der Waals surface area contributed by atoms with Crippen molar-refractivity contribution in [1.29, 1.82) is 0 Å². The van der Waals surface area contributed by atoms with Crippen LogP contribution in [0, 0.1) is 0 Å². The number of carbonyl (C=O) groups excluding carboxylic acids is 6. The van der Waals surface area contributed by atoms with Crippen molar-refractivity contribution in [3.63, 3.8) is 0 Å². The predicted molar refractivity (Wildman–Crippen MR) is 183 cm³/mol. The summed E-state index contributed by atoms with van der Waals surface area (Å²) in [5.41, 5.74) is 0. The third kappa shape index (κ3) is 12.1. The molecule has 0 saturated carbocycles. The summed E-state index contributed by atoms with van der Waals surface area (Å²) in [6.45, 7) is 15.4. The van der Waals surface area contributed by atoms with E-state index in [4.69, 9.17) is 0 Å². The zero-order valence-electron chi connectivity index (χ0n) is 28.3. The Morgan fingerprint density at radius 1 is 0.529 bits per heavy atom. The standard InChI is InChI=1S/C18H23N7O3.C12H15N3O3.C3H4N2/c1-2-16(26)23-13-24(17(27)3-7-21-9-5-19-11-21)15-25(14-23)18(28)4-8-22-10-6-20-12-22;1-4-10(16)13-7-14(11(17)5-2)9-15(8-13)12(18)6-3;1-2-5-3-4-1/h2,5-6,9-12H,1,3-4,7-8,13-15H2;4-6H,1-3,7-9H2;1-3H,(H,4,5). The molecule has 0 radical (unpaired) electrons. The van der Waals surface area contributed by atoms with Gasteiger partial charge in [-0.15, -0.1) is 0 Å². The van der Waals surface area contributed by atoms with Crippen LogP contribution in [0.15, 0.2) is 107 Å². The summed E-state index contributed by atoms with van der Waals surface area (Å²) in [5, 5.41) is 0. The predicted octanol–water partition coefficient (Wildman–Crippen LogP) is 0.444. The molecule has 5 rings (SSSR count). The topological polar surface area (TPSA) is 186 Å². The van der Waals surface area contributed by atoms with E-state index in [2.05, 4.69) is 46.3 Å². The van der Waals surface area contributed by atoms with Gasteiger partial charge < -0.3 is 43.5 Å². The van der Waals surface area contributed by atoms with Crippen molar-refractivity contribution < 1.29 is 28.8 Å². The first-order valence-corrected chi connectivity index (χ1v) is 15.6. The highest BCUT2D eigenvalue weighted by atomic mass is 16.2. The largest absolute Gasteiger partial charge is 0.351 e. The Balaban J connectivity index is 0.000000260. The van der Waals surface area contributed by atoms with Crippen LogP contribution in [0.3, 0.4) is 0 Å². The summed E-state index contributed by atoms with van der Waals surface area (Å²) < 4.78 is 3.62. The molecule has 270 valence electrons. The van der Waals surface area contributed by atoms with Gasteiger partial charge >= 0.3 is 0 Å². The molecule has 2 aliphatic heterocycles. The van der Waals surface area contributed by atoms with Gasteiger partial charge in [0.25, 0.3) is 0 Å². The second-order valence-electron chi connectivity index (χ2n) is 10.9. The minimum absolute atomic E-state index is 0.108. The third-order valence-corrected chi connectivity index (χ3v) is 7.39. The molecule has 6 amide bonds. The number of aromatic amines is 1. The summed E-state index contributed by atoms with van der Waals surface area (Å²) in [7, 11) is 0. The van der Waals surface area contributed by atoms with Gasteiger partial charge in [0.2, 0.25) is 35.4 Å². The van der Waals surface area contributed by atoms with Crippen molar-refractivity contribution in [1.82, 2.24) is 58.5 Å². The first kappa shape index (κ1) is 38.9. The van der Waals surface area contributed by atoms with Crippen molar-refractivity contribution in [2.45, 2.75) is 25.9 Å². The number of hydrogen-bond donors (Lipinski definition) is 1. The van der Waals surface area contributed by atoms with Gasteiger partial charge in [-0.25, -0.2) is 15.0 Å². The van der Waals surface area contributed by atoms with E-state index in [-0.39, 0.29) is 88.3 Å². The van der Waals surface area contributed by atoms with Gasteiger partial charge in [-0.05, 0) is 24.3 Å². The summed E-state index contributed by atoms with van der Waals surface area (Å²) in [4.78, 5) is 94.8. The van der Waals surface area contributed by atoms with Crippen LogP contribution in [0.4, 0.5) is 0 Å². The number of aryl methyl sites for hydroxylation is 2. The number of aromatic nitrogens is 6. The summed E-state index contributed by atoms with van der Waals surface area (Å²) in [5.74, 6) is -1.64. The number of hydrogen-bond acceptors (Lipinski definition) is 9. The quantitative estimate of drug-likeness (QED) is 0.293.